The molecule has 2 rings (SSSR count). The van der Waals surface area contributed by atoms with E-state index in [0.29, 0.717) is 10.0 Å². The lowest BCUT2D eigenvalue weighted by Gasteiger charge is -2.02. The molecule has 2 heterocycles. The van der Waals surface area contributed by atoms with E-state index < -0.39 is 11.9 Å². The van der Waals surface area contributed by atoms with E-state index in [0.717, 1.165) is 16.7 Å². The van der Waals surface area contributed by atoms with Gasteiger partial charge in [0.1, 0.15) is 10.7 Å². The normalized spacial score (nSPS) is 11.1. The van der Waals surface area contributed by atoms with Gasteiger partial charge in [-0.15, -0.1) is 35.1 Å². The van der Waals surface area contributed by atoms with Crippen LogP contribution in [-0.2, 0) is 19.1 Å². The summed E-state index contributed by atoms with van der Waals surface area (Å²) < 4.78 is 37.1. The smallest absolute Gasteiger partial charge is 0.350 e. The zero-order chi connectivity index (χ0) is 15.5. The number of nitrogens with one attached hydrogen (secondary N) is 1. The lowest BCUT2D eigenvalue weighted by molar-refractivity contribution is -0.140. The van der Waals surface area contributed by atoms with E-state index in [1.165, 1.54) is 11.3 Å². The fourth-order valence-electron chi connectivity index (χ4n) is 1.44. The molecule has 5 nitrogen and oxygen atoms in total. The van der Waals surface area contributed by atoms with Gasteiger partial charge in [0, 0.05) is 30.3 Å². The minimum atomic E-state index is -4.43. The number of aromatic nitrogens is 2. The summed E-state index contributed by atoms with van der Waals surface area (Å²) in [6.07, 6.45) is -4.20. The second-order valence-corrected chi connectivity index (χ2v) is 5.85. The summed E-state index contributed by atoms with van der Waals surface area (Å²) in [5.41, 5.74) is 4.75. The highest BCUT2D eigenvalue weighted by molar-refractivity contribution is 7.10. The highest BCUT2D eigenvalue weighted by Gasteiger charge is 2.33. The summed E-state index contributed by atoms with van der Waals surface area (Å²) in [5, 5.41) is 6.10. The molecule has 0 saturated heterocycles. The molecular weight excluding hydrogens is 361 g/mol. The summed E-state index contributed by atoms with van der Waals surface area (Å²) in [6.45, 7) is 0.455. The topological polar surface area (TPSA) is 80.9 Å². The summed E-state index contributed by atoms with van der Waals surface area (Å²) >= 11 is 2.20. The Morgan fingerprint density at radius 1 is 1.23 bits per heavy atom. The zero-order valence-corrected chi connectivity index (χ0v) is 13.5. The summed E-state index contributed by atoms with van der Waals surface area (Å²) in [4.78, 5) is 19.2. The molecule has 11 heteroatoms. The van der Waals surface area contributed by atoms with Gasteiger partial charge < -0.3 is 11.1 Å². The Balaban J connectivity index is 0.00000242. The molecule has 0 aromatic carbocycles. The average Bonchev–Trinajstić information content (AvgIpc) is 3.06. The number of hydrogen-bond donors (Lipinski definition) is 2. The fraction of sp³-hybridized carbons (Fsp3) is 0.364. The minimum Gasteiger partial charge on any atom is -0.350 e. The van der Waals surface area contributed by atoms with Crippen LogP contribution in [-0.4, -0.2) is 22.4 Å². The Kier molecular flexibility index (Phi) is 6.72. The van der Waals surface area contributed by atoms with Crippen LogP contribution in [0.15, 0.2) is 10.8 Å². The monoisotopic (exact) mass is 372 g/mol. The molecule has 0 aliphatic rings. The van der Waals surface area contributed by atoms with Crippen molar-refractivity contribution < 1.29 is 18.0 Å². The third-order valence-electron chi connectivity index (χ3n) is 2.43. The first kappa shape index (κ1) is 18.8. The quantitative estimate of drug-likeness (QED) is 0.844. The number of hydrogen-bond acceptors (Lipinski definition) is 6. The third-order valence-corrected chi connectivity index (χ3v) is 4.21. The molecule has 0 atom stereocenters. The maximum absolute atomic E-state index is 12.4. The van der Waals surface area contributed by atoms with Crippen LogP contribution in [0.1, 0.15) is 26.2 Å². The molecule has 0 saturated carbocycles. The average molecular weight is 373 g/mol. The van der Waals surface area contributed by atoms with Crippen molar-refractivity contribution in [3.05, 3.63) is 32.2 Å². The first-order valence-corrected chi connectivity index (χ1v) is 7.60. The van der Waals surface area contributed by atoms with Gasteiger partial charge in [-0.05, 0) is 0 Å². The van der Waals surface area contributed by atoms with Crippen molar-refractivity contribution in [3.63, 3.8) is 0 Å². The molecule has 22 heavy (non-hydrogen) atoms. The second-order valence-electron chi connectivity index (χ2n) is 3.96. The predicted octanol–water partition coefficient (Wildman–Crippen LogP) is 2.47. The van der Waals surface area contributed by atoms with Crippen LogP contribution in [0.2, 0.25) is 0 Å². The molecule has 0 fully saturated rings. The Bertz CT molecular complexity index is 629. The van der Waals surface area contributed by atoms with Crippen molar-refractivity contribution in [1.29, 1.82) is 0 Å². The molecule has 122 valence electrons. The first-order chi connectivity index (χ1) is 9.90. The van der Waals surface area contributed by atoms with Crippen LogP contribution in [0.5, 0.6) is 0 Å². The first-order valence-electron chi connectivity index (χ1n) is 5.84. The highest BCUT2D eigenvalue weighted by atomic mass is 35.5. The molecule has 0 aliphatic heterocycles. The van der Waals surface area contributed by atoms with Gasteiger partial charge in [-0.2, -0.15) is 13.2 Å². The van der Waals surface area contributed by atoms with E-state index >= 15 is 0 Å². The summed E-state index contributed by atoms with van der Waals surface area (Å²) in [5.74, 6) is -0.376. The molecule has 0 radical (unpaired) electrons. The molecule has 2 aromatic heterocycles. The van der Waals surface area contributed by atoms with Crippen molar-refractivity contribution in [1.82, 2.24) is 15.3 Å². The van der Waals surface area contributed by atoms with E-state index in [-0.39, 0.29) is 43.5 Å². The van der Waals surface area contributed by atoms with Gasteiger partial charge in [0.15, 0.2) is 5.69 Å². The number of alkyl halides is 3. The van der Waals surface area contributed by atoms with Crippen molar-refractivity contribution in [2.75, 3.05) is 6.54 Å². The van der Waals surface area contributed by atoms with Gasteiger partial charge in [0.25, 0.3) is 5.91 Å². The van der Waals surface area contributed by atoms with E-state index in [1.807, 2.05) is 0 Å². The van der Waals surface area contributed by atoms with Crippen molar-refractivity contribution in [3.8, 4) is 0 Å². The third kappa shape index (κ3) is 4.90. The van der Waals surface area contributed by atoms with Gasteiger partial charge in [0.05, 0.1) is 5.01 Å². The zero-order valence-electron chi connectivity index (χ0n) is 11.0. The maximum atomic E-state index is 12.4. The largest absolute Gasteiger partial charge is 0.434 e. The Morgan fingerprint density at radius 3 is 2.45 bits per heavy atom. The molecule has 2 aromatic rings. The van der Waals surface area contributed by atoms with Gasteiger partial charge in [0.2, 0.25) is 0 Å². The fourth-order valence-corrected chi connectivity index (χ4v) is 2.90. The van der Waals surface area contributed by atoms with E-state index in [4.69, 9.17) is 5.73 Å². The highest BCUT2D eigenvalue weighted by Crippen LogP contribution is 2.29. The van der Waals surface area contributed by atoms with E-state index in [9.17, 15) is 18.0 Å². The number of carbonyl (C=O) groups is 1. The number of nitrogens with zero attached hydrogens (tertiary/aromatic N) is 2. The molecular formula is C11H12ClF3N4OS2. The molecule has 3 N–H and O–H groups in total. The molecule has 1 amide bonds. The van der Waals surface area contributed by atoms with Crippen molar-refractivity contribution in [2.24, 2.45) is 5.73 Å². The number of halogens is 4. The predicted molar refractivity (Wildman–Crippen MR) is 80.4 cm³/mol. The van der Waals surface area contributed by atoms with Crippen LogP contribution in [0.25, 0.3) is 0 Å². The van der Waals surface area contributed by atoms with E-state index in [1.54, 1.807) is 5.38 Å². The van der Waals surface area contributed by atoms with Crippen LogP contribution in [0.4, 0.5) is 13.2 Å². The molecule has 0 bridgehead atoms. The van der Waals surface area contributed by atoms with Crippen LogP contribution in [0, 0.1) is 0 Å². The number of carbonyl (C=O) groups excluding carboxylic acids is 1. The van der Waals surface area contributed by atoms with Gasteiger partial charge in [-0.25, -0.2) is 9.97 Å². The lowest BCUT2D eigenvalue weighted by atomic mass is 10.4. The molecule has 0 spiro atoms. The van der Waals surface area contributed by atoms with Crippen LogP contribution < -0.4 is 11.1 Å². The number of thiazole rings is 2. The standard InChI is InChI=1S/C11H11F3N4OS2.ClH/c12-11(13,14)7-5-21-8(18-7)1-2-16-10(19)6-4-20-9(3-15)17-6;/h4-5H,1-3,15H2,(H,16,19);1H. The summed E-state index contributed by atoms with van der Waals surface area (Å²) in [7, 11) is 0. The second kappa shape index (κ2) is 7.86. The number of nitrogens with two attached hydrogens (primary N) is 1. The SMILES string of the molecule is Cl.NCc1nc(C(=O)NCCc2nc(C(F)(F)F)cs2)cs1. The maximum Gasteiger partial charge on any atom is 0.434 e. The Hall–Kier alpha value is -1.23. The van der Waals surface area contributed by atoms with Gasteiger partial charge in [-0.1, -0.05) is 0 Å². The molecule has 0 unspecified atom stereocenters. The lowest BCUT2D eigenvalue weighted by Crippen LogP contribution is -2.26. The van der Waals surface area contributed by atoms with Gasteiger partial charge in [-0.3, -0.25) is 4.79 Å². The minimum absolute atomic E-state index is 0. The summed E-state index contributed by atoms with van der Waals surface area (Å²) in [6, 6.07) is 0. The van der Waals surface area contributed by atoms with Crippen molar-refractivity contribution >= 4 is 41.0 Å². The Morgan fingerprint density at radius 2 is 1.91 bits per heavy atom. The van der Waals surface area contributed by atoms with Crippen LogP contribution >= 0.6 is 35.1 Å². The van der Waals surface area contributed by atoms with Crippen LogP contribution in [0.3, 0.4) is 0 Å². The number of rotatable bonds is 5. The molecule has 0 aliphatic carbocycles. The van der Waals surface area contributed by atoms with Crippen molar-refractivity contribution in [2.45, 2.75) is 19.1 Å². The van der Waals surface area contributed by atoms with E-state index in [2.05, 4.69) is 15.3 Å². The number of amides is 1. The van der Waals surface area contributed by atoms with Gasteiger partial charge >= 0.3 is 6.18 Å². The Labute approximate surface area is 138 Å².